The van der Waals surface area contributed by atoms with Crippen LogP contribution >= 0.6 is 0 Å². The van der Waals surface area contributed by atoms with Crippen molar-refractivity contribution in [2.45, 2.75) is 13.8 Å². The van der Waals surface area contributed by atoms with Gasteiger partial charge in [-0.1, -0.05) is 0 Å². The van der Waals surface area contributed by atoms with Crippen LogP contribution in [-0.2, 0) is 0 Å². The molecule has 0 fully saturated rings. The first-order valence-corrected chi connectivity index (χ1v) is 4.35. The van der Waals surface area contributed by atoms with Gasteiger partial charge in [0.05, 0.1) is 0 Å². The molecule has 2 aromatic rings. The van der Waals surface area contributed by atoms with E-state index in [0.29, 0.717) is 5.82 Å². The molecule has 14 heavy (non-hydrogen) atoms. The van der Waals surface area contributed by atoms with Crippen molar-refractivity contribution in [3.8, 4) is 11.4 Å². The van der Waals surface area contributed by atoms with Gasteiger partial charge in [0.25, 0.3) is 0 Å². The average molecular weight is 186 g/mol. The Morgan fingerprint density at radius 2 is 1.43 bits per heavy atom. The van der Waals surface area contributed by atoms with Gasteiger partial charge < -0.3 is 0 Å². The molecule has 0 spiro atoms. The zero-order valence-electron chi connectivity index (χ0n) is 8.10. The first-order chi connectivity index (χ1) is 6.75. The molecule has 70 valence electrons. The van der Waals surface area contributed by atoms with E-state index in [-0.39, 0.29) is 0 Å². The van der Waals surface area contributed by atoms with E-state index in [1.54, 1.807) is 12.4 Å². The lowest BCUT2D eigenvalue weighted by molar-refractivity contribution is 0.928. The molecule has 0 radical (unpaired) electrons. The first-order valence-electron chi connectivity index (χ1n) is 4.35. The highest BCUT2D eigenvalue weighted by atomic mass is 15.0. The predicted molar refractivity (Wildman–Crippen MR) is 52.5 cm³/mol. The minimum Gasteiger partial charge on any atom is -0.265 e. The summed E-state index contributed by atoms with van der Waals surface area (Å²) in [7, 11) is 0. The van der Waals surface area contributed by atoms with E-state index in [0.717, 1.165) is 17.2 Å². The van der Waals surface area contributed by atoms with Crippen LogP contribution in [0.15, 0.2) is 24.5 Å². The van der Waals surface area contributed by atoms with Gasteiger partial charge >= 0.3 is 0 Å². The summed E-state index contributed by atoms with van der Waals surface area (Å²) in [6.45, 7) is 3.72. The van der Waals surface area contributed by atoms with Gasteiger partial charge in [-0.2, -0.15) is 0 Å². The summed E-state index contributed by atoms with van der Waals surface area (Å²) in [5, 5.41) is 0. The minimum atomic E-state index is 0.706. The highest BCUT2D eigenvalue weighted by molar-refractivity contribution is 5.53. The summed E-state index contributed by atoms with van der Waals surface area (Å²) >= 11 is 0. The van der Waals surface area contributed by atoms with Crippen LogP contribution < -0.4 is 0 Å². The maximum Gasteiger partial charge on any atom is 0.163 e. The molecule has 2 heterocycles. The Balaban J connectivity index is 2.52. The molecule has 2 rings (SSSR count). The molecule has 0 bridgehead atoms. The summed E-state index contributed by atoms with van der Waals surface area (Å²) in [4.78, 5) is 16.6. The lowest BCUT2D eigenvalue weighted by Crippen LogP contribution is -1.98. The van der Waals surface area contributed by atoms with Crippen LogP contribution in [0.4, 0.5) is 0 Å². The maximum atomic E-state index is 4.25. The third kappa shape index (κ3) is 1.74. The van der Waals surface area contributed by atoms with Gasteiger partial charge in [0.1, 0.15) is 11.6 Å². The first kappa shape index (κ1) is 8.74. The third-order valence-electron chi connectivity index (χ3n) is 1.80. The van der Waals surface area contributed by atoms with E-state index in [9.17, 15) is 0 Å². The molecule has 0 aliphatic carbocycles. The lowest BCUT2D eigenvalue weighted by atomic mass is 10.2. The fourth-order valence-corrected chi connectivity index (χ4v) is 1.25. The van der Waals surface area contributed by atoms with Crippen molar-refractivity contribution in [1.29, 1.82) is 0 Å². The van der Waals surface area contributed by atoms with Crippen LogP contribution in [0.25, 0.3) is 11.4 Å². The molecule has 0 saturated heterocycles. The molecule has 0 atom stereocenters. The smallest absolute Gasteiger partial charge is 0.163 e. The second-order valence-electron chi connectivity index (χ2n) is 2.99. The van der Waals surface area contributed by atoms with E-state index in [4.69, 9.17) is 0 Å². The fraction of sp³-hybridized carbons (Fsp3) is 0.200. The molecule has 2 aromatic heterocycles. The van der Waals surface area contributed by atoms with Crippen molar-refractivity contribution >= 4 is 0 Å². The molecule has 0 unspecified atom stereocenters. The number of hydrogen-bond donors (Lipinski definition) is 0. The van der Waals surface area contributed by atoms with Gasteiger partial charge in [0.15, 0.2) is 5.82 Å². The van der Waals surface area contributed by atoms with Crippen molar-refractivity contribution in [1.82, 2.24) is 19.9 Å². The molecular formula is C10H10N4. The van der Waals surface area contributed by atoms with Crippen LogP contribution in [0.1, 0.15) is 11.6 Å². The summed E-state index contributed by atoms with van der Waals surface area (Å²) in [6, 6.07) is 3.77. The second-order valence-corrected chi connectivity index (χ2v) is 2.99. The SMILES string of the molecule is Cc1nc(C)nc(-c2ccncc2)n1. The number of hydrogen-bond acceptors (Lipinski definition) is 4. The highest BCUT2D eigenvalue weighted by Crippen LogP contribution is 2.12. The van der Waals surface area contributed by atoms with E-state index in [1.165, 1.54) is 0 Å². The third-order valence-corrected chi connectivity index (χ3v) is 1.80. The molecule has 4 heteroatoms. The highest BCUT2D eigenvalue weighted by Gasteiger charge is 2.02. The number of aromatic nitrogens is 4. The minimum absolute atomic E-state index is 0.706. The zero-order chi connectivity index (χ0) is 9.97. The molecule has 0 N–H and O–H groups in total. The number of aryl methyl sites for hydroxylation is 2. The van der Waals surface area contributed by atoms with Crippen LogP contribution in [0.5, 0.6) is 0 Å². The molecule has 4 nitrogen and oxygen atoms in total. The van der Waals surface area contributed by atoms with E-state index in [1.807, 2.05) is 26.0 Å². The molecule has 0 aliphatic heterocycles. The van der Waals surface area contributed by atoms with Gasteiger partial charge in [-0.25, -0.2) is 15.0 Å². The molecule has 0 aliphatic rings. The Morgan fingerprint density at radius 3 is 2.00 bits per heavy atom. The van der Waals surface area contributed by atoms with E-state index in [2.05, 4.69) is 19.9 Å². The number of pyridine rings is 1. The van der Waals surface area contributed by atoms with Crippen molar-refractivity contribution < 1.29 is 0 Å². The van der Waals surface area contributed by atoms with Gasteiger partial charge in [0.2, 0.25) is 0 Å². The van der Waals surface area contributed by atoms with Crippen LogP contribution in [0, 0.1) is 13.8 Å². The van der Waals surface area contributed by atoms with Crippen molar-refractivity contribution in [2.75, 3.05) is 0 Å². The van der Waals surface area contributed by atoms with Gasteiger partial charge in [-0.15, -0.1) is 0 Å². The predicted octanol–water partition coefficient (Wildman–Crippen LogP) is 1.55. The Labute approximate surface area is 82.1 Å². The summed E-state index contributed by atoms with van der Waals surface area (Å²) in [5.41, 5.74) is 0.966. The monoisotopic (exact) mass is 186 g/mol. The Hall–Kier alpha value is -1.84. The second kappa shape index (κ2) is 3.49. The molecule has 0 saturated carbocycles. The molecule has 0 amide bonds. The Kier molecular flexibility index (Phi) is 2.18. The van der Waals surface area contributed by atoms with Crippen LogP contribution in [0.3, 0.4) is 0 Å². The summed E-state index contributed by atoms with van der Waals surface area (Å²) in [6.07, 6.45) is 3.45. The normalized spacial score (nSPS) is 10.1. The average Bonchev–Trinajstić information content (AvgIpc) is 2.18. The van der Waals surface area contributed by atoms with Gasteiger partial charge in [0, 0.05) is 18.0 Å². The van der Waals surface area contributed by atoms with Gasteiger partial charge in [-0.05, 0) is 26.0 Å². The van der Waals surface area contributed by atoms with Crippen LogP contribution in [0.2, 0.25) is 0 Å². The van der Waals surface area contributed by atoms with Crippen molar-refractivity contribution in [2.24, 2.45) is 0 Å². The number of nitrogens with zero attached hydrogens (tertiary/aromatic N) is 4. The topological polar surface area (TPSA) is 51.6 Å². The quantitative estimate of drug-likeness (QED) is 0.678. The standard InChI is InChI=1S/C10H10N4/c1-7-12-8(2)14-10(13-7)9-3-5-11-6-4-9/h3-6H,1-2H3. The molecular weight excluding hydrogens is 176 g/mol. The summed E-state index contributed by atoms with van der Waals surface area (Å²) in [5.74, 6) is 2.19. The summed E-state index contributed by atoms with van der Waals surface area (Å²) < 4.78 is 0. The largest absolute Gasteiger partial charge is 0.265 e. The van der Waals surface area contributed by atoms with Crippen LogP contribution in [-0.4, -0.2) is 19.9 Å². The lowest BCUT2D eigenvalue weighted by Gasteiger charge is -2.01. The zero-order valence-corrected chi connectivity index (χ0v) is 8.10. The van der Waals surface area contributed by atoms with E-state index < -0.39 is 0 Å². The molecule has 0 aromatic carbocycles. The fourth-order valence-electron chi connectivity index (χ4n) is 1.25. The Morgan fingerprint density at radius 1 is 0.857 bits per heavy atom. The Bertz CT molecular complexity index is 419. The van der Waals surface area contributed by atoms with Crippen molar-refractivity contribution in [3.05, 3.63) is 36.2 Å². The van der Waals surface area contributed by atoms with E-state index >= 15 is 0 Å². The van der Waals surface area contributed by atoms with Crippen molar-refractivity contribution in [3.63, 3.8) is 0 Å². The number of rotatable bonds is 1. The van der Waals surface area contributed by atoms with Gasteiger partial charge in [-0.3, -0.25) is 4.98 Å². The maximum absolute atomic E-state index is 4.25.